The van der Waals surface area contributed by atoms with Crippen LogP contribution in [0.4, 0.5) is 5.13 Å². The third-order valence-corrected chi connectivity index (χ3v) is 3.89. The number of carbonyl (C=O) groups is 1. The molecule has 0 aliphatic carbocycles. The molecule has 8 heteroatoms. The first-order chi connectivity index (χ1) is 5.82. The Kier molecular flexibility index (Phi) is 2.26. The van der Waals surface area contributed by atoms with Crippen molar-refractivity contribution in [3.05, 3.63) is 5.69 Å². The van der Waals surface area contributed by atoms with Crippen LogP contribution >= 0.6 is 11.3 Å². The van der Waals surface area contributed by atoms with E-state index >= 15 is 0 Å². The number of nitrogen functional groups attached to an aromatic ring is 1. The van der Waals surface area contributed by atoms with E-state index in [0.717, 1.165) is 17.6 Å². The topological polar surface area (TPSA) is 116 Å². The van der Waals surface area contributed by atoms with Crippen molar-refractivity contribution >= 4 is 32.2 Å². The molecule has 1 amide bonds. The van der Waals surface area contributed by atoms with E-state index in [4.69, 9.17) is 11.5 Å². The van der Waals surface area contributed by atoms with Gasteiger partial charge in [0, 0.05) is 6.26 Å². The summed E-state index contributed by atoms with van der Waals surface area (Å²) in [4.78, 5) is 14.2. The average molecular weight is 221 g/mol. The van der Waals surface area contributed by atoms with Gasteiger partial charge in [-0.05, 0) is 0 Å². The fourth-order valence-electron chi connectivity index (χ4n) is 0.729. The van der Waals surface area contributed by atoms with Crippen LogP contribution in [0.1, 0.15) is 10.5 Å². The number of hydrogen-bond acceptors (Lipinski definition) is 6. The SMILES string of the molecule is CS(=O)(=O)c1sc(N)nc1C(N)=O. The van der Waals surface area contributed by atoms with E-state index in [1.165, 1.54) is 0 Å². The molecular formula is C5H7N3O3S2. The van der Waals surface area contributed by atoms with E-state index in [0.29, 0.717) is 0 Å². The van der Waals surface area contributed by atoms with Gasteiger partial charge in [0.05, 0.1) is 0 Å². The largest absolute Gasteiger partial charge is 0.375 e. The van der Waals surface area contributed by atoms with Crippen molar-refractivity contribution in [2.24, 2.45) is 5.73 Å². The fraction of sp³-hybridized carbons (Fsp3) is 0.200. The van der Waals surface area contributed by atoms with E-state index in [9.17, 15) is 13.2 Å². The lowest BCUT2D eigenvalue weighted by Crippen LogP contribution is -2.15. The van der Waals surface area contributed by atoms with Crippen LogP contribution in [0.5, 0.6) is 0 Å². The molecule has 0 unspecified atom stereocenters. The minimum atomic E-state index is -3.48. The molecule has 0 saturated heterocycles. The monoisotopic (exact) mass is 221 g/mol. The van der Waals surface area contributed by atoms with Gasteiger partial charge in [-0.15, -0.1) is 0 Å². The molecule has 0 spiro atoms. The van der Waals surface area contributed by atoms with Crippen molar-refractivity contribution in [2.75, 3.05) is 12.0 Å². The normalized spacial score (nSPS) is 11.5. The van der Waals surface area contributed by atoms with Crippen LogP contribution in [0.3, 0.4) is 0 Å². The molecule has 0 saturated carbocycles. The van der Waals surface area contributed by atoms with Gasteiger partial charge in [-0.2, -0.15) is 0 Å². The van der Waals surface area contributed by atoms with Crippen LogP contribution < -0.4 is 11.5 Å². The van der Waals surface area contributed by atoms with Crippen LogP contribution in [-0.4, -0.2) is 25.6 Å². The number of nitrogens with zero attached hydrogens (tertiary/aromatic N) is 1. The smallest absolute Gasteiger partial charge is 0.269 e. The number of primary amides is 1. The van der Waals surface area contributed by atoms with E-state index in [-0.39, 0.29) is 15.0 Å². The molecule has 1 heterocycles. The summed E-state index contributed by atoms with van der Waals surface area (Å²) in [6.45, 7) is 0. The van der Waals surface area contributed by atoms with Gasteiger partial charge < -0.3 is 11.5 Å². The molecule has 0 atom stereocenters. The Balaban J connectivity index is 3.46. The first-order valence-electron chi connectivity index (χ1n) is 3.08. The highest BCUT2D eigenvalue weighted by Gasteiger charge is 2.22. The number of anilines is 1. The number of nitrogens with two attached hydrogens (primary N) is 2. The minimum Gasteiger partial charge on any atom is -0.375 e. The highest BCUT2D eigenvalue weighted by molar-refractivity contribution is 7.92. The molecule has 6 nitrogen and oxygen atoms in total. The Bertz CT molecular complexity index is 448. The molecule has 0 fully saturated rings. The number of aromatic nitrogens is 1. The first-order valence-corrected chi connectivity index (χ1v) is 5.79. The van der Waals surface area contributed by atoms with Crippen molar-refractivity contribution in [3.8, 4) is 0 Å². The number of hydrogen-bond donors (Lipinski definition) is 2. The molecule has 1 aromatic rings. The number of sulfone groups is 1. The van der Waals surface area contributed by atoms with Crippen molar-refractivity contribution in [1.29, 1.82) is 0 Å². The highest BCUT2D eigenvalue weighted by atomic mass is 32.2. The van der Waals surface area contributed by atoms with Gasteiger partial charge in [0.25, 0.3) is 5.91 Å². The summed E-state index contributed by atoms with van der Waals surface area (Å²) in [5, 5.41) is 0.00854. The lowest BCUT2D eigenvalue weighted by atomic mass is 10.5. The summed E-state index contributed by atoms with van der Waals surface area (Å²) < 4.78 is 22.0. The molecule has 0 bridgehead atoms. The van der Waals surface area contributed by atoms with E-state index in [1.807, 2.05) is 0 Å². The van der Waals surface area contributed by atoms with Gasteiger partial charge in [0.1, 0.15) is 0 Å². The van der Waals surface area contributed by atoms with Gasteiger partial charge in [0.2, 0.25) is 0 Å². The van der Waals surface area contributed by atoms with Crippen molar-refractivity contribution in [1.82, 2.24) is 4.98 Å². The fourth-order valence-corrected chi connectivity index (χ4v) is 2.66. The van der Waals surface area contributed by atoms with Crippen LogP contribution in [0.2, 0.25) is 0 Å². The van der Waals surface area contributed by atoms with Crippen LogP contribution in [0, 0.1) is 0 Å². The molecular weight excluding hydrogens is 214 g/mol. The average Bonchev–Trinajstić information content (AvgIpc) is 2.29. The van der Waals surface area contributed by atoms with Gasteiger partial charge in [-0.25, -0.2) is 13.4 Å². The van der Waals surface area contributed by atoms with Crippen LogP contribution in [-0.2, 0) is 9.84 Å². The van der Waals surface area contributed by atoms with Gasteiger partial charge in [-0.3, -0.25) is 4.79 Å². The summed E-state index contributed by atoms with van der Waals surface area (Å²) in [5.74, 6) is -0.895. The molecule has 0 radical (unpaired) electrons. The molecule has 0 aliphatic rings. The van der Waals surface area contributed by atoms with E-state index in [1.54, 1.807) is 0 Å². The predicted molar refractivity (Wildman–Crippen MR) is 48.2 cm³/mol. The molecule has 0 aromatic carbocycles. The zero-order valence-corrected chi connectivity index (χ0v) is 8.28. The number of rotatable bonds is 2. The Labute approximate surface area is 78.5 Å². The molecule has 13 heavy (non-hydrogen) atoms. The third kappa shape index (κ3) is 1.95. The summed E-state index contributed by atoms with van der Waals surface area (Å²) in [5.41, 5.74) is 9.87. The van der Waals surface area contributed by atoms with Gasteiger partial charge in [0.15, 0.2) is 24.9 Å². The first kappa shape index (κ1) is 9.93. The van der Waals surface area contributed by atoms with Gasteiger partial charge in [-0.1, -0.05) is 11.3 Å². The minimum absolute atomic E-state index is 0.00854. The Morgan fingerprint density at radius 2 is 2.08 bits per heavy atom. The molecule has 1 rings (SSSR count). The van der Waals surface area contributed by atoms with Gasteiger partial charge >= 0.3 is 0 Å². The second-order valence-electron chi connectivity index (χ2n) is 2.32. The molecule has 4 N–H and O–H groups in total. The number of amides is 1. The van der Waals surface area contributed by atoms with Crippen molar-refractivity contribution in [2.45, 2.75) is 4.21 Å². The van der Waals surface area contributed by atoms with Crippen molar-refractivity contribution in [3.63, 3.8) is 0 Å². The predicted octanol–water partition coefficient (Wildman–Crippen LogP) is -0.772. The maximum absolute atomic E-state index is 11.1. The summed E-state index contributed by atoms with van der Waals surface area (Å²) in [6.07, 6.45) is 0.965. The molecule has 1 aromatic heterocycles. The van der Waals surface area contributed by atoms with Crippen molar-refractivity contribution < 1.29 is 13.2 Å². The lowest BCUT2D eigenvalue weighted by Gasteiger charge is -1.93. The zero-order chi connectivity index (χ0) is 10.2. The number of carbonyl (C=O) groups excluding carboxylic acids is 1. The summed E-state index contributed by atoms with van der Waals surface area (Å²) >= 11 is 0.727. The third-order valence-electron chi connectivity index (χ3n) is 1.18. The highest BCUT2D eigenvalue weighted by Crippen LogP contribution is 2.24. The maximum atomic E-state index is 11.1. The van der Waals surface area contributed by atoms with Crippen LogP contribution in [0.25, 0.3) is 0 Å². The second kappa shape index (κ2) is 2.96. The standard InChI is InChI=1S/C5H7N3O3S2/c1-13(10,11)4-2(3(6)9)8-5(7)12-4/h1H3,(H2,6,9)(H2,7,8). The second-order valence-corrected chi connectivity index (χ2v) is 5.57. The Morgan fingerprint density at radius 1 is 1.54 bits per heavy atom. The zero-order valence-electron chi connectivity index (χ0n) is 6.64. The van der Waals surface area contributed by atoms with E-state index < -0.39 is 15.7 Å². The summed E-state index contributed by atoms with van der Waals surface area (Å²) in [6, 6.07) is 0. The number of thiazole rings is 1. The summed E-state index contributed by atoms with van der Waals surface area (Å²) in [7, 11) is -3.48. The quantitative estimate of drug-likeness (QED) is 0.680. The molecule has 0 aliphatic heterocycles. The lowest BCUT2D eigenvalue weighted by molar-refractivity contribution is 0.0993. The molecule has 72 valence electrons. The maximum Gasteiger partial charge on any atom is 0.269 e. The van der Waals surface area contributed by atoms with Crippen LogP contribution in [0.15, 0.2) is 4.21 Å². The Morgan fingerprint density at radius 3 is 2.38 bits per heavy atom. The Hall–Kier alpha value is -1.15. The van der Waals surface area contributed by atoms with E-state index in [2.05, 4.69) is 4.98 Å².